The molecule has 0 aliphatic carbocycles. The normalized spacial score (nSPS) is 14.0. The van der Waals surface area contributed by atoms with E-state index in [9.17, 15) is 0 Å². The number of anilines is 3. The predicted octanol–water partition coefficient (Wildman–Crippen LogP) is 2.72. The zero-order chi connectivity index (χ0) is 22.9. The third kappa shape index (κ3) is 3.92. The van der Waals surface area contributed by atoms with Gasteiger partial charge in [0.25, 0.3) is 0 Å². The van der Waals surface area contributed by atoms with Crippen LogP contribution in [0.3, 0.4) is 0 Å². The topological polar surface area (TPSA) is 118 Å². The van der Waals surface area contributed by atoms with Gasteiger partial charge in [-0.05, 0) is 30.7 Å². The molecule has 11 nitrogen and oxygen atoms in total. The van der Waals surface area contributed by atoms with E-state index in [0.717, 1.165) is 48.8 Å². The summed E-state index contributed by atoms with van der Waals surface area (Å²) in [5.41, 5.74) is 3.93. The van der Waals surface area contributed by atoms with Crippen LogP contribution in [0.4, 0.5) is 17.5 Å². The molecule has 0 bridgehead atoms. The maximum Gasteiger partial charge on any atom is 0.226 e. The third-order valence-corrected chi connectivity index (χ3v) is 5.66. The second-order valence-corrected chi connectivity index (χ2v) is 7.99. The van der Waals surface area contributed by atoms with Crippen molar-refractivity contribution in [1.29, 1.82) is 0 Å². The molecule has 1 fully saturated rings. The van der Waals surface area contributed by atoms with Gasteiger partial charge in [0.1, 0.15) is 23.1 Å². The summed E-state index contributed by atoms with van der Waals surface area (Å²) >= 11 is 0. The van der Waals surface area contributed by atoms with Gasteiger partial charge in [-0.2, -0.15) is 5.10 Å². The third-order valence-electron chi connectivity index (χ3n) is 5.66. The van der Waals surface area contributed by atoms with Gasteiger partial charge in [-0.3, -0.25) is 0 Å². The minimum absolute atomic E-state index is 0.626. The number of benzene rings is 1. The van der Waals surface area contributed by atoms with Crippen LogP contribution in [0, 0.1) is 6.92 Å². The van der Waals surface area contributed by atoms with Gasteiger partial charge in [-0.25, -0.2) is 29.4 Å². The summed E-state index contributed by atoms with van der Waals surface area (Å²) in [5, 5.41) is 11.0. The van der Waals surface area contributed by atoms with Crippen molar-refractivity contribution in [2.24, 2.45) is 0 Å². The van der Waals surface area contributed by atoms with Crippen LogP contribution in [0.5, 0.6) is 11.5 Å². The summed E-state index contributed by atoms with van der Waals surface area (Å²) in [6, 6.07) is 7.71. The minimum Gasteiger partial charge on any atom is -0.455 e. The number of imidazole rings is 1. The lowest BCUT2D eigenvalue weighted by Gasteiger charge is -2.27. The van der Waals surface area contributed by atoms with Crippen molar-refractivity contribution in [3.8, 4) is 11.5 Å². The second kappa shape index (κ2) is 8.52. The molecule has 0 atom stereocenters. The zero-order valence-electron chi connectivity index (χ0n) is 18.5. The van der Waals surface area contributed by atoms with Crippen molar-refractivity contribution in [3.05, 3.63) is 60.9 Å². The second-order valence-electron chi connectivity index (χ2n) is 7.99. The zero-order valence-corrected chi connectivity index (χ0v) is 18.5. The van der Waals surface area contributed by atoms with Crippen molar-refractivity contribution < 1.29 is 4.74 Å². The lowest BCUT2D eigenvalue weighted by atomic mass is 10.2. The Morgan fingerprint density at radius 3 is 2.82 bits per heavy atom. The van der Waals surface area contributed by atoms with Crippen molar-refractivity contribution in [3.63, 3.8) is 0 Å². The molecule has 5 heterocycles. The highest BCUT2D eigenvalue weighted by atomic mass is 16.5. The molecule has 4 aromatic heterocycles. The largest absolute Gasteiger partial charge is 0.455 e. The summed E-state index contributed by atoms with van der Waals surface area (Å²) in [7, 11) is 0. The van der Waals surface area contributed by atoms with Crippen molar-refractivity contribution >= 4 is 34.1 Å². The predicted molar refractivity (Wildman–Crippen MR) is 128 cm³/mol. The quantitative estimate of drug-likeness (QED) is 0.410. The van der Waals surface area contributed by atoms with Crippen LogP contribution in [0.2, 0.25) is 0 Å². The van der Waals surface area contributed by atoms with Gasteiger partial charge in [0.2, 0.25) is 5.95 Å². The molecule has 1 saturated heterocycles. The van der Waals surface area contributed by atoms with E-state index in [1.807, 2.05) is 31.2 Å². The fraction of sp³-hybridized carbons (Fsp3) is 0.217. The monoisotopic (exact) mass is 454 g/mol. The maximum absolute atomic E-state index is 6.04. The van der Waals surface area contributed by atoms with E-state index in [4.69, 9.17) is 9.72 Å². The van der Waals surface area contributed by atoms with Crippen molar-refractivity contribution in [1.82, 2.24) is 39.9 Å². The smallest absolute Gasteiger partial charge is 0.226 e. The number of fused-ring (bicyclic) bond motifs is 2. The fourth-order valence-electron chi connectivity index (χ4n) is 3.91. The van der Waals surface area contributed by atoms with Gasteiger partial charge < -0.3 is 20.3 Å². The molecule has 34 heavy (non-hydrogen) atoms. The number of ether oxygens (including phenoxy) is 1. The number of nitrogens with one attached hydrogen (secondary N) is 2. The molecule has 2 N–H and O–H groups in total. The lowest BCUT2D eigenvalue weighted by molar-refractivity contribution is 0.475. The Balaban J connectivity index is 1.25. The van der Waals surface area contributed by atoms with Crippen LogP contribution in [0.15, 0.2) is 55.4 Å². The molecule has 0 spiro atoms. The Kier molecular flexibility index (Phi) is 5.07. The first-order chi connectivity index (χ1) is 16.7. The van der Waals surface area contributed by atoms with Gasteiger partial charge in [0, 0.05) is 50.3 Å². The maximum atomic E-state index is 6.04. The minimum atomic E-state index is 0.626. The summed E-state index contributed by atoms with van der Waals surface area (Å²) in [6.45, 7) is 5.55. The first-order valence-corrected chi connectivity index (χ1v) is 11.0. The van der Waals surface area contributed by atoms with Crippen LogP contribution >= 0.6 is 0 Å². The van der Waals surface area contributed by atoms with E-state index >= 15 is 0 Å². The number of hydrogen-bond donors (Lipinski definition) is 2. The molecule has 0 amide bonds. The van der Waals surface area contributed by atoms with Gasteiger partial charge in [0.15, 0.2) is 17.2 Å². The highest BCUT2D eigenvalue weighted by Gasteiger charge is 2.16. The average Bonchev–Trinajstić information content (AvgIpc) is 3.34. The number of hydrogen-bond acceptors (Lipinski definition) is 10. The van der Waals surface area contributed by atoms with E-state index < -0.39 is 0 Å². The standard InChI is InChI=1S/C23H22N10O/c1-15-10-16(2-3-19(15)34-17-11-20-25-6-9-33(20)29-12-17)30-22-21-18(27-14-28-22)13-26-23(31-21)32-7-4-24-5-8-32/h2-3,6,9-14,24H,4-5,7-8H2,1H3,(H,27,28,30). The molecular weight excluding hydrogens is 432 g/mol. The molecule has 1 aromatic carbocycles. The molecule has 170 valence electrons. The van der Waals surface area contributed by atoms with Crippen LogP contribution in [-0.2, 0) is 0 Å². The number of aryl methyl sites for hydroxylation is 1. The molecule has 0 saturated carbocycles. The van der Waals surface area contributed by atoms with E-state index in [0.29, 0.717) is 28.5 Å². The van der Waals surface area contributed by atoms with E-state index in [-0.39, 0.29) is 0 Å². The molecular formula is C23H22N10O. The number of aromatic nitrogens is 7. The Morgan fingerprint density at radius 1 is 1.03 bits per heavy atom. The lowest BCUT2D eigenvalue weighted by Crippen LogP contribution is -2.44. The summed E-state index contributed by atoms with van der Waals surface area (Å²) < 4.78 is 7.73. The Hall–Kier alpha value is -4.38. The first-order valence-electron chi connectivity index (χ1n) is 11.0. The SMILES string of the molecule is Cc1cc(Nc2ncnc3cnc(N4CCNCC4)nc23)ccc1Oc1cnn2ccnc2c1. The van der Waals surface area contributed by atoms with Crippen LogP contribution in [-0.4, -0.2) is 60.7 Å². The Morgan fingerprint density at radius 2 is 1.94 bits per heavy atom. The summed E-state index contributed by atoms with van der Waals surface area (Å²) in [5.74, 6) is 2.68. The molecule has 6 rings (SSSR count). The molecule has 1 aliphatic rings. The van der Waals surface area contributed by atoms with Crippen LogP contribution in [0.1, 0.15) is 5.56 Å². The Labute approximate surface area is 194 Å². The van der Waals surface area contributed by atoms with E-state index in [1.54, 1.807) is 29.3 Å². The van der Waals surface area contributed by atoms with Crippen LogP contribution in [0.25, 0.3) is 16.7 Å². The number of piperazine rings is 1. The summed E-state index contributed by atoms with van der Waals surface area (Å²) in [4.78, 5) is 24.5. The highest BCUT2D eigenvalue weighted by Crippen LogP contribution is 2.29. The molecule has 1 aliphatic heterocycles. The molecule has 5 aromatic rings. The van der Waals surface area contributed by atoms with Crippen molar-refractivity contribution in [2.75, 3.05) is 36.4 Å². The van der Waals surface area contributed by atoms with E-state index in [2.05, 4.69) is 40.6 Å². The first kappa shape index (κ1) is 20.2. The van der Waals surface area contributed by atoms with Gasteiger partial charge >= 0.3 is 0 Å². The Bertz CT molecular complexity index is 1480. The highest BCUT2D eigenvalue weighted by molar-refractivity contribution is 5.87. The van der Waals surface area contributed by atoms with Crippen molar-refractivity contribution in [2.45, 2.75) is 6.92 Å². The fourth-order valence-corrected chi connectivity index (χ4v) is 3.91. The van der Waals surface area contributed by atoms with Crippen LogP contribution < -0.4 is 20.3 Å². The van der Waals surface area contributed by atoms with Gasteiger partial charge in [0.05, 0.1) is 12.4 Å². The van der Waals surface area contributed by atoms with E-state index in [1.165, 1.54) is 6.33 Å². The molecule has 11 heteroatoms. The average molecular weight is 454 g/mol. The van der Waals surface area contributed by atoms with Gasteiger partial charge in [-0.1, -0.05) is 0 Å². The number of nitrogens with zero attached hydrogens (tertiary/aromatic N) is 8. The number of rotatable bonds is 5. The van der Waals surface area contributed by atoms with Gasteiger partial charge in [-0.15, -0.1) is 0 Å². The molecule has 0 radical (unpaired) electrons. The summed E-state index contributed by atoms with van der Waals surface area (Å²) in [6.07, 6.45) is 8.43. The molecule has 0 unspecified atom stereocenters.